The Morgan fingerprint density at radius 3 is 2.63 bits per heavy atom. The van der Waals surface area contributed by atoms with Crippen molar-refractivity contribution in [1.29, 1.82) is 0 Å². The standard InChI is InChI=1S/C20H18N4O2S/c25-18(23-24-19(26)16-10-5-6-12-21-16)13-7-1-2-8-14(13)20-22-15-9-3-4-11-17(15)27-20/h1-6,9-14H,7-8H2,(H,23,25)(H,24,26)/t13-,14+/m0/s1. The largest absolute Gasteiger partial charge is 0.288 e. The number of pyridine rings is 1. The average Bonchev–Trinajstić information content (AvgIpc) is 3.16. The Kier molecular flexibility index (Phi) is 4.93. The molecule has 0 spiro atoms. The zero-order chi connectivity index (χ0) is 18.6. The Balaban J connectivity index is 1.48. The van der Waals surface area contributed by atoms with Gasteiger partial charge in [-0.25, -0.2) is 4.98 Å². The normalized spacial score (nSPS) is 19.0. The van der Waals surface area contributed by atoms with Crippen LogP contribution >= 0.6 is 11.3 Å². The number of allylic oxidation sites excluding steroid dienone is 2. The van der Waals surface area contributed by atoms with Gasteiger partial charge < -0.3 is 0 Å². The minimum atomic E-state index is -0.438. The molecule has 0 radical (unpaired) electrons. The second-order valence-corrected chi connectivity index (χ2v) is 7.40. The van der Waals surface area contributed by atoms with E-state index in [1.807, 2.05) is 30.3 Å². The smallest absolute Gasteiger partial charge is 0.273 e. The van der Waals surface area contributed by atoms with Crippen molar-refractivity contribution in [2.45, 2.75) is 18.8 Å². The Morgan fingerprint density at radius 1 is 1.00 bits per heavy atom. The zero-order valence-corrected chi connectivity index (χ0v) is 15.3. The van der Waals surface area contributed by atoms with Gasteiger partial charge in [0.1, 0.15) is 5.69 Å². The number of hydrogen-bond donors (Lipinski definition) is 2. The molecule has 2 amide bonds. The van der Waals surface area contributed by atoms with Gasteiger partial charge in [-0.1, -0.05) is 30.4 Å². The van der Waals surface area contributed by atoms with Crippen LogP contribution in [0.5, 0.6) is 0 Å². The number of benzene rings is 1. The second-order valence-electron chi connectivity index (χ2n) is 6.33. The van der Waals surface area contributed by atoms with Crippen molar-refractivity contribution in [3.8, 4) is 0 Å². The molecule has 6 nitrogen and oxygen atoms in total. The maximum atomic E-state index is 12.7. The fourth-order valence-corrected chi connectivity index (χ4v) is 4.34. The number of rotatable bonds is 3. The molecule has 2 N–H and O–H groups in total. The molecule has 1 aromatic carbocycles. The lowest BCUT2D eigenvalue weighted by Gasteiger charge is -2.25. The summed E-state index contributed by atoms with van der Waals surface area (Å²) in [6, 6.07) is 13.0. The van der Waals surface area contributed by atoms with Gasteiger partial charge in [0, 0.05) is 12.1 Å². The van der Waals surface area contributed by atoms with E-state index in [2.05, 4.69) is 21.9 Å². The maximum Gasteiger partial charge on any atom is 0.288 e. The van der Waals surface area contributed by atoms with Gasteiger partial charge in [-0.15, -0.1) is 11.3 Å². The molecular formula is C20H18N4O2S. The van der Waals surface area contributed by atoms with Gasteiger partial charge in [-0.05, 0) is 37.1 Å². The number of fused-ring (bicyclic) bond motifs is 1. The predicted octanol–water partition coefficient (Wildman–Crippen LogP) is 3.20. The average molecular weight is 378 g/mol. The number of para-hydroxylation sites is 1. The summed E-state index contributed by atoms with van der Waals surface area (Å²) in [6.07, 6.45) is 7.01. The Morgan fingerprint density at radius 2 is 1.81 bits per heavy atom. The van der Waals surface area contributed by atoms with E-state index in [1.54, 1.807) is 29.5 Å². The van der Waals surface area contributed by atoms with E-state index >= 15 is 0 Å². The fraction of sp³-hybridized carbons (Fsp3) is 0.200. The number of hydrazine groups is 1. The molecule has 4 rings (SSSR count). The first kappa shape index (κ1) is 17.4. The lowest BCUT2D eigenvalue weighted by molar-refractivity contribution is -0.126. The first-order valence-electron chi connectivity index (χ1n) is 8.74. The number of aromatic nitrogens is 2. The number of hydrogen-bond acceptors (Lipinski definition) is 5. The highest BCUT2D eigenvalue weighted by molar-refractivity contribution is 7.18. The molecule has 0 fully saturated rings. The molecule has 0 unspecified atom stereocenters. The zero-order valence-electron chi connectivity index (χ0n) is 14.5. The maximum absolute atomic E-state index is 12.7. The van der Waals surface area contributed by atoms with Gasteiger partial charge in [0.25, 0.3) is 5.91 Å². The third-order valence-electron chi connectivity index (χ3n) is 4.59. The molecule has 2 heterocycles. The number of amides is 2. The number of thiazole rings is 1. The molecule has 136 valence electrons. The lowest BCUT2D eigenvalue weighted by Crippen LogP contribution is -2.46. The third-order valence-corrected chi connectivity index (χ3v) is 5.76. The van der Waals surface area contributed by atoms with Crippen molar-refractivity contribution >= 4 is 33.4 Å². The molecule has 0 aliphatic heterocycles. The summed E-state index contributed by atoms with van der Waals surface area (Å²) in [5.74, 6) is -0.932. The van der Waals surface area contributed by atoms with Crippen molar-refractivity contribution in [1.82, 2.24) is 20.8 Å². The minimum absolute atomic E-state index is 0.000785. The molecule has 7 heteroatoms. The summed E-state index contributed by atoms with van der Waals surface area (Å²) in [5.41, 5.74) is 6.21. The van der Waals surface area contributed by atoms with Gasteiger partial charge in [0.05, 0.1) is 21.1 Å². The van der Waals surface area contributed by atoms with Gasteiger partial charge in [0.2, 0.25) is 5.91 Å². The molecule has 1 aliphatic rings. The van der Waals surface area contributed by atoms with Crippen molar-refractivity contribution in [2.75, 3.05) is 0 Å². The van der Waals surface area contributed by atoms with Crippen LogP contribution in [0.2, 0.25) is 0 Å². The van der Waals surface area contributed by atoms with Crippen LogP contribution in [0.3, 0.4) is 0 Å². The van der Waals surface area contributed by atoms with Crippen molar-refractivity contribution < 1.29 is 9.59 Å². The van der Waals surface area contributed by atoms with Gasteiger partial charge in [0.15, 0.2) is 0 Å². The molecule has 0 saturated carbocycles. The van der Waals surface area contributed by atoms with Crippen LogP contribution < -0.4 is 10.9 Å². The summed E-state index contributed by atoms with van der Waals surface area (Å²) in [6.45, 7) is 0. The van der Waals surface area contributed by atoms with Gasteiger partial charge in [-0.2, -0.15) is 0 Å². The SMILES string of the molecule is O=C(NNC(=O)[C@H]1CC=CC[C@H]1c1nc2ccccc2s1)c1ccccn1. The Hall–Kier alpha value is -3.06. The van der Waals surface area contributed by atoms with Crippen LogP contribution in [0.4, 0.5) is 0 Å². The molecule has 0 bridgehead atoms. The Labute approximate surface area is 160 Å². The van der Waals surface area contributed by atoms with Crippen LogP contribution in [-0.2, 0) is 4.79 Å². The first-order valence-corrected chi connectivity index (χ1v) is 9.56. The number of nitrogens with one attached hydrogen (secondary N) is 2. The quantitative estimate of drug-likeness (QED) is 0.541. The third kappa shape index (κ3) is 3.73. The fourth-order valence-electron chi connectivity index (χ4n) is 3.20. The first-order chi connectivity index (χ1) is 13.2. The van der Waals surface area contributed by atoms with E-state index < -0.39 is 5.91 Å². The van der Waals surface area contributed by atoms with E-state index in [9.17, 15) is 9.59 Å². The van der Waals surface area contributed by atoms with Crippen LogP contribution in [0, 0.1) is 5.92 Å². The van der Waals surface area contributed by atoms with E-state index in [1.165, 1.54) is 6.20 Å². The summed E-state index contributed by atoms with van der Waals surface area (Å²) in [5, 5.41) is 0.955. The summed E-state index contributed by atoms with van der Waals surface area (Å²) < 4.78 is 1.12. The minimum Gasteiger partial charge on any atom is -0.273 e. The van der Waals surface area contributed by atoms with Crippen LogP contribution in [0.1, 0.15) is 34.3 Å². The van der Waals surface area contributed by atoms with Gasteiger partial charge in [-0.3, -0.25) is 25.4 Å². The summed E-state index contributed by atoms with van der Waals surface area (Å²) in [7, 11) is 0. The van der Waals surface area contributed by atoms with Crippen LogP contribution in [0.25, 0.3) is 10.2 Å². The number of carbonyl (C=O) groups is 2. The van der Waals surface area contributed by atoms with E-state index in [0.29, 0.717) is 6.42 Å². The van der Waals surface area contributed by atoms with Crippen molar-refractivity contribution in [3.05, 3.63) is 71.5 Å². The van der Waals surface area contributed by atoms with E-state index in [4.69, 9.17) is 4.98 Å². The van der Waals surface area contributed by atoms with Crippen molar-refractivity contribution in [2.24, 2.45) is 5.92 Å². The number of nitrogens with zero attached hydrogens (tertiary/aromatic N) is 2. The highest BCUT2D eigenvalue weighted by Crippen LogP contribution is 2.38. The second kappa shape index (κ2) is 7.67. The molecule has 1 aliphatic carbocycles. The molecular weight excluding hydrogens is 360 g/mol. The monoisotopic (exact) mass is 378 g/mol. The van der Waals surface area contributed by atoms with E-state index in [-0.39, 0.29) is 23.4 Å². The summed E-state index contributed by atoms with van der Waals surface area (Å²) in [4.78, 5) is 33.5. The van der Waals surface area contributed by atoms with E-state index in [0.717, 1.165) is 21.6 Å². The number of carbonyl (C=O) groups excluding carboxylic acids is 2. The molecule has 27 heavy (non-hydrogen) atoms. The molecule has 3 aromatic rings. The van der Waals surface area contributed by atoms with Gasteiger partial charge >= 0.3 is 0 Å². The molecule has 2 aromatic heterocycles. The Bertz CT molecular complexity index is 966. The van der Waals surface area contributed by atoms with Crippen LogP contribution in [0.15, 0.2) is 60.8 Å². The molecule has 2 atom stereocenters. The highest BCUT2D eigenvalue weighted by Gasteiger charge is 2.32. The highest BCUT2D eigenvalue weighted by atomic mass is 32.1. The summed E-state index contributed by atoms with van der Waals surface area (Å²) >= 11 is 1.62. The molecule has 0 saturated heterocycles. The van der Waals surface area contributed by atoms with Crippen LogP contribution in [-0.4, -0.2) is 21.8 Å². The predicted molar refractivity (Wildman–Crippen MR) is 104 cm³/mol. The lowest BCUT2D eigenvalue weighted by atomic mass is 9.83. The van der Waals surface area contributed by atoms with Crippen molar-refractivity contribution in [3.63, 3.8) is 0 Å². The topological polar surface area (TPSA) is 84.0 Å².